The topological polar surface area (TPSA) is 112 Å². The molecule has 72 valence electrons. The Labute approximate surface area is 74.7 Å². The lowest BCUT2D eigenvalue weighted by Gasteiger charge is -2.14. The zero-order chi connectivity index (χ0) is 9.84. The van der Waals surface area contributed by atoms with E-state index < -0.39 is 18.8 Å². The maximum Gasteiger partial charge on any atom is 0.220 e. The van der Waals surface area contributed by atoms with Crippen LogP contribution in [-0.4, -0.2) is 38.0 Å². The maximum atomic E-state index is 9.36. The Balaban J connectivity index is 2.82. The van der Waals surface area contributed by atoms with Crippen LogP contribution in [-0.2, 0) is 0 Å². The summed E-state index contributed by atoms with van der Waals surface area (Å²) in [5.74, 6) is 0.0155. The van der Waals surface area contributed by atoms with E-state index in [0.29, 0.717) is 0 Å². The molecular weight excluding hydrogens is 174 g/mol. The van der Waals surface area contributed by atoms with Crippen molar-refractivity contribution in [1.82, 2.24) is 9.97 Å². The molecule has 1 rings (SSSR count). The largest absolute Gasteiger partial charge is 0.394 e. The summed E-state index contributed by atoms with van der Waals surface area (Å²) < 4.78 is 0. The van der Waals surface area contributed by atoms with Crippen LogP contribution in [0.5, 0.6) is 0 Å². The van der Waals surface area contributed by atoms with E-state index in [1.54, 1.807) is 0 Å². The van der Waals surface area contributed by atoms with Crippen molar-refractivity contribution in [1.29, 1.82) is 0 Å². The fraction of sp³-hybridized carbons (Fsp3) is 0.429. The standard InChI is InChI=1S/C7H11N3O3/c8-7-9-2-1-4(10-7)6(13)5(12)3-11/h1-2,5-6,11-13H,3H2,(H2,8,9,10). The molecule has 5 N–H and O–H groups in total. The van der Waals surface area contributed by atoms with Crippen molar-refractivity contribution in [2.45, 2.75) is 12.2 Å². The second-order valence-electron chi connectivity index (χ2n) is 2.53. The first kappa shape index (κ1) is 9.85. The van der Waals surface area contributed by atoms with Crippen LogP contribution in [0.15, 0.2) is 12.3 Å². The highest BCUT2D eigenvalue weighted by Gasteiger charge is 2.18. The third kappa shape index (κ3) is 2.35. The Kier molecular flexibility index (Phi) is 3.13. The molecule has 13 heavy (non-hydrogen) atoms. The summed E-state index contributed by atoms with van der Waals surface area (Å²) in [7, 11) is 0. The first-order valence-corrected chi connectivity index (χ1v) is 3.70. The van der Waals surface area contributed by atoms with E-state index in [1.807, 2.05) is 0 Å². The molecule has 0 amide bonds. The molecule has 0 saturated heterocycles. The van der Waals surface area contributed by atoms with Crippen LogP contribution in [0.25, 0.3) is 0 Å². The van der Waals surface area contributed by atoms with Gasteiger partial charge >= 0.3 is 0 Å². The first-order valence-electron chi connectivity index (χ1n) is 3.70. The molecule has 0 aliphatic heterocycles. The zero-order valence-electron chi connectivity index (χ0n) is 6.83. The fourth-order valence-electron chi connectivity index (χ4n) is 0.850. The molecule has 1 aromatic rings. The number of aliphatic hydroxyl groups excluding tert-OH is 3. The maximum absolute atomic E-state index is 9.36. The molecule has 6 heteroatoms. The van der Waals surface area contributed by atoms with Crippen molar-refractivity contribution in [3.05, 3.63) is 18.0 Å². The number of rotatable bonds is 3. The van der Waals surface area contributed by atoms with Gasteiger partial charge in [-0.3, -0.25) is 0 Å². The van der Waals surface area contributed by atoms with Crippen molar-refractivity contribution in [2.24, 2.45) is 0 Å². The molecule has 1 aromatic heterocycles. The number of anilines is 1. The predicted octanol–water partition coefficient (Wildman–Crippen LogP) is -1.55. The Hall–Kier alpha value is -1.24. The number of aromatic nitrogens is 2. The average molecular weight is 185 g/mol. The summed E-state index contributed by atoms with van der Waals surface area (Å²) in [6.45, 7) is -0.537. The van der Waals surface area contributed by atoms with Gasteiger partial charge in [0, 0.05) is 6.20 Å². The summed E-state index contributed by atoms with van der Waals surface area (Å²) in [6.07, 6.45) is -1.13. The van der Waals surface area contributed by atoms with Gasteiger partial charge in [0.25, 0.3) is 0 Å². The number of nitrogen functional groups attached to an aromatic ring is 1. The van der Waals surface area contributed by atoms with E-state index in [2.05, 4.69) is 9.97 Å². The van der Waals surface area contributed by atoms with Gasteiger partial charge in [-0.15, -0.1) is 0 Å². The molecule has 6 nitrogen and oxygen atoms in total. The highest BCUT2D eigenvalue weighted by molar-refractivity contribution is 5.19. The second-order valence-corrected chi connectivity index (χ2v) is 2.53. The lowest BCUT2D eigenvalue weighted by molar-refractivity contribution is -0.0172. The summed E-state index contributed by atoms with van der Waals surface area (Å²) in [5.41, 5.74) is 5.45. The Morgan fingerprint density at radius 3 is 2.69 bits per heavy atom. The summed E-state index contributed by atoms with van der Waals surface area (Å²) in [5, 5.41) is 27.0. The monoisotopic (exact) mass is 185 g/mol. The van der Waals surface area contributed by atoms with Gasteiger partial charge < -0.3 is 21.1 Å². The van der Waals surface area contributed by atoms with Crippen LogP contribution in [0.4, 0.5) is 5.95 Å². The SMILES string of the molecule is Nc1nccc(C(O)C(O)CO)n1. The fourth-order valence-corrected chi connectivity index (χ4v) is 0.850. The van der Waals surface area contributed by atoms with Crippen molar-refractivity contribution < 1.29 is 15.3 Å². The van der Waals surface area contributed by atoms with Crippen LogP contribution < -0.4 is 5.73 Å². The highest BCUT2D eigenvalue weighted by Crippen LogP contribution is 2.13. The summed E-state index contributed by atoms with van der Waals surface area (Å²) >= 11 is 0. The molecule has 0 radical (unpaired) electrons. The number of hydrogen-bond donors (Lipinski definition) is 4. The number of nitrogens with zero attached hydrogens (tertiary/aromatic N) is 2. The molecule has 1 heterocycles. The molecule has 0 aliphatic carbocycles. The molecular formula is C7H11N3O3. The van der Waals surface area contributed by atoms with Crippen LogP contribution in [0.1, 0.15) is 11.8 Å². The van der Waals surface area contributed by atoms with Crippen LogP contribution in [0.2, 0.25) is 0 Å². The van der Waals surface area contributed by atoms with Gasteiger partial charge in [0.2, 0.25) is 5.95 Å². The number of aliphatic hydroxyl groups is 3. The third-order valence-corrected chi connectivity index (χ3v) is 1.55. The lowest BCUT2D eigenvalue weighted by atomic mass is 10.1. The van der Waals surface area contributed by atoms with Gasteiger partial charge in [-0.05, 0) is 6.07 Å². The van der Waals surface area contributed by atoms with Gasteiger partial charge in [0.05, 0.1) is 12.3 Å². The lowest BCUT2D eigenvalue weighted by Crippen LogP contribution is -2.23. The molecule has 0 spiro atoms. The summed E-state index contributed by atoms with van der Waals surface area (Å²) in [6, 6.07) is 1.42. The predicted molar refractivity (Wildman–Crippen MR) is 44.5 cm³/mol. The van der Waals surface area contributed by atoms with Crippen molar-refractivity contribution in [2.75, 3.05) is 12.3 Å². The average Bonchev–Trinajstić information content (AvgIpc) is 2.15. The van der Waals surface area contributed by atoms with Crippen molar-refractivity contribution in [3.63, 3.8) is 0 Å². The molecule has 2 unspecified atom stereocenters. The molecule has 2 atom stereocenters. The van der Waals surface area contributed by atoms with Gasteiger partial charge in [-0.1, -0.05) is 0 Å². The minimum absolute atomic E-state index is 0.0155. The minimum Gasteiger partial charge on any atom is -0.394 e. The van der Waals surface area contributed by atoms with Crippen LogP contribution in [0.3, 0.4) is 0 Å². The van der Waals surface area contributed by atoms with Gasteiger partial charge in [-0.25, -0.2) is 9.97 Å². The van der Waals surface area contributed by atoms with Crippen molar-refractivity contribution in [3.8, 4) is 0 Å². The molecule has 0 bridgehead atoms. The Morgan fingerprint density at radius 2 is 2.15 bits per heavy atom. The van der Waals surface area contributed by atoms with Gasteiger partial charge in [-0.2, -0.15) is 0 Å². The van der Waals surface area contributed by atoms with Crippen LogP contribution in [0, 0.1) is 0 Å². The molecule has 0 aromatic carbocycles. The minimum atomic E-state index is -1.26. The Bertz CT molecular complexity index is 281. The summed E-state index contributed by atoms with van der Waals surface area (Å²) in [4.78, 5) is 7.31. The quantitative estimate of drug-likeness (QED) is 0.453. The number of nitrogens with two attached hydrogens (primary N) is 1. The van der Waals surface area contributed by atoms with E-state index in [1.165, 1.54) is 12.3 Å². The van der Waals surface area contributed by atoms with E-state index >= 15 is 0 Å². The molecule has 0 fully saturated rings. The molecule has 0 aliphatic rings. The first-order chi connectivity index (χ1) is 6.15. The third-order valence-electron chi connectivity index (χ3n) is 1.55. The normalized spacial score (nSPS) is 15.3. The molecule has 0 saturated carbocycles. The van der Waals surface area contributed by atoms with E-state index in [-0.39, 0.29) is 11.6 Å². The number of hydrogen-bond acceptors (Lipinski definition) is 6. The van der Waals surface area contributed by atoms with Crippen molar-refractivity contribution >= 4 is 5.95 Å². The van der Waals surface area contributed by atoms with Crippen LogP contribution >= 0.6 is 0 Å². The zero-order valence-corrected chi connectivity index (χ0v) is 6.83. The van der Waals surface area contributed by atoms with E-state index in [0.717, 1.165) is 0 Å². The second kappa shape index (κ2) is 4.13. The smallest absolute Gasteiger partial charge is 0.220 e. The highest BCUT2D eigenvalue weighted by atomic mass is 16.4. The van der Waals surface area contributed by atoms with E-state index in [9.17, 15) is 5.11 Å². The van der Waals surface area contributed by atoms with Gasteiger partial charge in [0.1, 0.15) is 12.2 Å². The Morgan fingerprint density at radius 1 is 1.46 bits per heavy atom. The van der Waals surface area contributed by atoms with Gasteiger partial charge in [0.15, 0.2) is 0 Å². The van der Waals surface area contributed by atoms with E-state index in [4.69, 9.17) is 15.9 Å².